The van der Waals surface area contributed by atoms with E-state index in [-0.39, 0.29) is 0 Å². The van der Waals surface area contributed by atoms with Crippen molar-refractivity contribution in [1.29, 1.82) is 5.26 Å². The van der Waals surface area contributed by atoms with Gasteiger partial charge in [0.25, 0.3) is 0 Å². The standard InChI is InChI=1S/C16H16N2O2S/c1-4-20-15-12(6-5-7-14(15)19-3)8-13(9-17)16-18-11(2)10-21-16/h5-8,10H,4H2,1-3H3/b13-8-. The third-order valence-corrected chi connectivity index (χ3v) is 3.78. The van der Waals surface area contributed by atoms with Gasteiger partial charge in [0.2, 0.25) is 0 Å². The average molecular weight is 300 g/mol. The second-order valence-electron chi connectivity index (χ2n) is 4.28. The molecule has 108 valence electrons. The lowest BCUT2D eigenvalue weighted by Crippen LogP contribution is -1.97. The molecule has 0 amide bonds. The van der Waals surface area contributed by atoms with Gasteiger partial charge in [0.05, 0.1) is 19.3 Å². The number of hydrogen-bond acceptors (Lipinski definition) is 5. The predicted octanol–water partition coefficient (Wildman–Crippen LogP) is 3.92. The van der Waals surface area contributed by atoms with Gasteiger partial charge in [-0.1, -0.05) is 12.1 Å². The molecular formula is C16H16N2O2S. The Morgan fingerprint density at radius 3 is 2.86 bits per heavy atom. The highest BCUT2D eigenvalue weighted by Crippen LogP contribution is 2.34. The number of nitriles is 1. The van der Waals surface area contributed by atoms with E-state index in [1.165, 1.54) is 11.3 Å². The van der Waals surface area contributed by atoms with Crippen LogP contribution < -0.4 is 9.47 Å². The Balaban J connectivity index is 2.50. The second-order valence-corrected chi connectivity index (χ2v) is 5.13. The van der Waals surface area contributed by atoms with Crippen molar-refractivity contribution < 1.29 is 9.47 Å². The van der Waals surface area contributed by atoms with Crippen LogP contribution in [0.3, 0.4) is 0 Å². The predicted molar refractivity (Wildman–Crippen MR) is 84.5 cm³/mol. The van der Waals surface area contributed by atoms with Crippen molar-refractivity contribution in [2.24, 2.45) is 0 Å². The zero-order valence-corrected chi connectivity index (χ0v) is 13.0. The number of hydrogen-bond donors (Lipinski definition) is 0. The van der Waals surface area contributed by atoms with Crippen LogP contribution >= 0.6 is 11.3 Å². The lowest BCUT2D eigenvalue weighted by molar-refractivity contribution is 0.310. The molecular weight excluding hydrogens is 284 g/mol. The summed E-state index contributed by atoms with van der Waals surface area (Å²) in [5.41, 5.74) is 2.23. The molecule has 0 spiro atoms. The number of aromatic nitrogens is 1. The number of rotatable bonds is 5. The van der Waals surface area contributed by atoms with E-state index in [2.05, 4.69) is 11.1 Å². The first-order valence-corrected chi connectivity index (χ1v) is 7.41. The molecule has 1 aromatic carbocycles. The highest BCUT2D eigenvalue weighted by Gasteiger charge is 2.11. The minimum atomic E-state index is 0.516. The van der Waals surface area contributed by atoms with Crippen LogP contribution in [-0.2, 0) is 0 Å². The van der Waals surface area contributed by atoms with E-state index in [1.54, 1.807) is 13.2 Å². The minimum absolute atomic E-state index is 0.516. The average Bonchev–Trinajstić information content (AvgIpc) is 2.92. The van der Waals surface area contributed by atoms with Gasteiger partial charge in [0, 0.05) is 16.6 Å². The third kappa shape index (κ3) is 3.41. The molecule has 0 N–H and O–H groups in total. The maximum absolute atomic E-state index is 9.37. The number of benzene rings is 1. The molecule has 5 heteroatoms. The van der Waals surface area contributed by atoms with Crippen LogP contribution in [0.4, 0.5) is 0 Å². The van der Waals surface area contributed by atoms with E-state index in [0.717, 1.165) is 11.3 Å². The SMILES string of the molecule is CCOc1c(/C=C(/C#N)c2nc(C)cs2)cccc1OC. The summed E-state index contributed by atoms with van der Waals surface area (Å²) in [6.45, 7) is 4.35. The van der Waals surface area contributed by atoms with E-state index in [4.69, 9.17) is 9.47 Å². The zero-order chi connectivity index (χ0) is 15.2. The van der Waals surface area contributed by atoms with Crippen LogP contribution in [0.2, 0.25) is 0 Å². The molecule has 0 saturated heterocycles. The smallest absolute Gasteiger partial charge is 0.168 e. The molecule has 0 bridgehead atoms. The van der Waals surface area contributed by atoms with E-state index in [9.17, 15) is 5.26 Å². The molecule has 0 unspecified atom stereocenters. The fraction of sp³-hybridized carbons (Fsp3) is 0.250. The maximum atomic E-state index is 9.37. The van der Waals surface area contributed by atoms with Crippen molar-refractivity contribution >= 4 is 23.0 Å². The van der Waals surface area contributed by atoms with Crippen LogP contribution in [0, 0.1) is 18.3 Å². The summed E-state index contributed by atoms with van der Waals surface area (Å²) < 4.78 is 11.0. The molecule has 2 rings (SSSR count). The van der Waals surface area contributed by atoms with E-state index in [1.807, 2.05) is 37.4 Å². The summed E-state index contributed by atoms with van der Waals surface area (Å²) in [6.07, 6.45) is 1.78. The van der Waals surface area contributed by atoms with Crippen molar-refractivity contribution in [2.45, 2.75) is 13.8 Å². The Kier molecular flexibility index (Phi) is 4.96. The zero-order valence-electron chi connectivity index (χ0n) is 12.2. The molecule has 0 aliphatic carbocycles. The number of aryl methyl sites for hydroxylation is 1. The number of methoxy groups -OCH3 is 1. The molecule has 4 nitrogen and oxygen atoms in total. The van der Waals surface area contributed by atoms with Crippen molar-refractivity contribution in [3.63, 3.8) is 0 Å². The molecule has 21 heavy (non-hydrogen) atoms. The highest BCUT2D eigenvalue weighted by molar-refractivity contribution is 7.11. The summed E-state index contributed by atoms with van der Waals surface area (Å²) in [7, 11) is 1.60. The molecule has 0 atom stereocenters. The summed E-state index contributed by atoms with van der Waals surface area (Å²) in [5.74, 6) is 1.29. The van der Waals surface area contributed by atoms with Gasteiger partial charge in [-0.05, 0) is 26.0 Å². The fourth-order valence-electron chi connectivity index (χ4n) is 1.88. The van der Waals surface area contributed by atoms with Gasteiger partial charge in [-0.15, -0.1) is 11.3 Å². The summed E-state index contributed by atoms with van der Waals surface area (Å²) >= 11 is 1.46. The molecule has 0 saturated carbocycles. The number of thiazole rings is 1. The van der Waals surface area contributed by atoms with Crippen molar-refractivity contribution in [1.82, 2.24) is 4.98 Å². The number of allylic oxidation sites excluding steroid dienone is 1. The Bertz CT molecular complexity index is 699. The summed E-state index contributed by atoms with van der Waals surface area (Å²) in [6, 6.07) is 7.80. The maximum Gasteiger partial charge on any atom is 0.168 e. The van der Waals surface area contributed by atoms with Crippen molar-refractivity contribution in [3.8, 4) is 17.6 Å². The third-order valence-electron chi connectivity index (χ3n) is 2.79. The van der Waals surface area contributed by atoms with Crippen LogP contribution in [0.5, 0.6) is 11.5 Å². The van der Waals surface area contributed by atoms with E-state index in [0.29, 0.717) is 28.7 Å². The van der Waals surface area contributed by atoms with Crippen LogP contribution in [-0.4, -0.2) is 18.7 Å². The quantitative estimate of drug-likeness (QED) is 0.785. The van der Waals surface area contributed by atoms with Crippen molar-refractivity contribution in [2.75, 3.05) is 13.7 Å². The highest BCUT2D eigenvalue weighted by atomic mass is 32.1. The lowest BCUT2D eigenvalue weighted by atomic mass is 10.1. The summed E-state index contributed by atoms with van der Waals surface area (Å²) in [4.78, 5) is 4.35. The molecule has 0 fully saturated rings. The molecule has 1 heterocycles. The van der Waals surface area contributed by atoms with Crippen LogP contribution in [0.15, 0.2) is 23.6 Å². The molecule has 0 radical (unpaired) electrons. The van der Waals surface area contributed by atoms with Gasteiger partial charge < -0.3 is 9.47 Å². The Morgan fingerprint density at radius 1 is 1.48 bits per heavy atom. The first-order chi connectivity index (χ1) is 10.2. The van der Waals surface area contributed by atoms with Gasteiger partial charge in [0.15, 0.2) is 11.5 Å². The minimum Gasteiger partial charge on any atom is -0.493 e. The number of nitrogens with zero attached hydrogens (tertiary/aromatic N) is 2. The summed E-state index contributed by atoms with van der Waals surface area (Å²) in [5, 5.41) is 12.0. The van der Waals surface area contributed by atoms with Gasteiger partial charge in [-0.3, -0.25) is 0 Å². The Hall–Kier alpha value is -2.32. The second kappa shape index (κ2) is 6.91. The normalized spacial score (nSPS) is 11.0. The monoisotopic (exact) mass is 300 g/mol. The molecule has 0 aliphatic heterocycles. The Morgan fingerprint density at radius 2 is 2.29 bits per heavy atom. The number of ether oxygens (including phenoxy) is 2. The van der Waals surface area contributed by atoms with Gasteiger partial charge in [-0.25, -0.2) is 4.98 Å². The van der Waals surface area contributed by atoms with E-state index >= 15 is 0 Å². The molecule has 2 aromatic rings. The van der Waals surface area contributed by atoms with Gasteiger partial charge in [0.1, 0.15) is 11.1 Å². The lowest BCUT2D eigenvalue weighted by Gasteiger charge is -2.12. The first-order valence-electron chi connectivity index (χ1n) is 6.53. The fourth-order valence-corrected chi connectivity index (χ4v) is 2.64. The largest absolute Gasteiger partial charge is 0.493 e. The molecule has 1 aromatic heterocycles. The molecule has 0 aliphatic rings. The van der Waals surface area contributed by atoms with Gasteiger partial charge >= 0.3 is 0 Å². The van der Waals surface area contributed by atoms with E-state index < -0.39 is 0 Å². The van der Waals surface area contributed by atoms with Crippen LogP contribution in [0.25, 0.3) is 11.6 Å². The first kappa shape index (κ1) is 15.1. The number of para-hydroxylation sites is 1. The van der Waals surface area contributed by atoms with Crippen LogP contribution in [0.1, 0.15) is 23.2 Å². The van der Waals surface area contributed by atoms with Crippen molar-refractivity contribution in [3.05, 3.63) is 39.8 Å². The topological polar surface area (TPSA) is 55.1 Å². The Labute approximate surface area is 128 Å². The van der Waals surface area contributed by atoms with Gasteiger partial charge in [-0.2, -0.15) is 5.26 Å².